The number of aromatic hydroxyl groups is 1. The first-order valence-corrected chi connectivity index (χ1v) is 11.5. The standard InChI is InChI=1S/C24H24FN5O2.CH2F2/c25-20-3-1-2-19(23(20)31)21-10-22-24(29-28-21)27-12-16-9-18(13-30(16)22)32-17-5-4-15-11-26-7-6-14(15)8-17;2-1-3/h1-5,8,10,16,18,26,31H,6-7,9,11-13H2,(H,27,29);1H2. The van der Waals surface area contributed by atoms with Crippen molar-refractivity contribution in [3.8, 4) is 22.8 Å². The lowest BCUT2D eigenvalue weighted by atomic mass is 10.0. The zero-order valence-electron chi connectivity index (χ0n) is 19.0. The van der Waals surface area contributed by atoms with E-state index in [9.17, 15) is 18.3 Å². The molecule has 3 aliphatic rings. The Balaban J connectivity index is 0.000000806. The number of ether oxygens (including phenoxy) is 1. The molecule has 3 aliphatic heterocycles. The van der Waals surface area contributed by atoms with E-state index in [1.54, 1.807) is 12.1 Å². The molecule has 3 N–H and O–H groups in total. The van der Waals surface area contributed by atoms with Crippen LogP contribution in [0.15, 0.2) is 42.5 Å². The van der Waals surface area contributed by atoms with Gasteiger partial charge in [-0.05, 0) is 54.4 Å². The van der Waals surface area contributed by atoms with E-state index in [1.807, 2.05) is 6.07 Å². The van der Waals surface area contributed by atoms with Gasteiger partial charge in [0.1, 0.15) is 11.9 Å². The Kier molecular flexibility index (Phi) is 6.63. The molecule has 0 spiro atoms. The summed E-state index contributed by atoms with van der Waals surface area (Å²) in [6, 6.07) is 13.0. The van der Waals surface area contributed by atoms with Crippen molar-refractivity contribution in [2.24, 2.45) is 0 Å². The van der Waals surface area contributed by atoms with Crippen LogP contribution in [-0.4, -0.2) is 54.0 Å². The molecular formula is C25H26F3N5O2. The summed E-state index contributed by atoms with van der Waals surface area (Å²) in [6.07, 6.45) is 1.98. The third kappa shape index (κ3) is 4.70. The van der Waals surface area contributed by atoms with E-state index in [1.165, 1.54) is 17.2 Å². The largest absolute Gasteiger partial charge is 0.504 e. The van der Waals surface area contributed by atoms with Gasteiger partial charge in [0.15, 0.2) is 17.4 Å². The van der Waals surface area contributed by atoms with Gasteiger partial charge in [-0.1, -0.05) is 12.1 Å². The fourth-order valence-corrected chi connectivity index (χ4v) is 4.96. The Bertz CT molecular complexity index is 1210. The third-order valence-corrected chi connectivity index (χ3v) is 6.59. The van der Waals surface area contributed by atoms with Crippen molar-refractivity contribution >= 4 is 11.5 Å². The summed E-state index contributed by atoms with van der Waals surface area (Å²) in [5.74, 6) is 0.533. The summed E-state index contributed by atoms with van der Waals surface area (Å²) in [6.45, 7) is 1.67. The van der Waals surface area contributed by atoms with Crippen LogP contribution in [0.1, 0.15) is 17.5 Å². The van der Waals surface area contributed by atoms with E-state index >= 15 is 0 Å². The van der Waals surface area contributed by atoms with Crippen molar-refractivity contribution in [1.82, 2.24) is 15.5 Å². The van der Waals surface area contributed by atoms with Gasteiger partial charge in [-0.2, -0.15) is 0 Å². The molecule has 1 saturated heterocycles. The van der Waals surface area contributed by atoms with E-state index in [4.69, 9.17) is 4.74 Å². The van der Waals surface area contributed by atoms with Gasteiger partial charge in [0.25, 0.3) is 0 Å². The van der Waals surface area contributed by atoms with Gasteiger partial charge in [-0.3, -0.25) is 0 Å². The minimum absolute atomic E-state index is 0.0618. The molecule has 2 atom stereocenters. The summed E-state index contributed by atoms with van der Waals surface area (Å²) in [4.78, 5) is 2.29. The van der Waals surface area contributed by atoms with E-state index in [-0.39, 0.29) is 12.1 Å². The zero-order valence-corrected chi connectivity index (χ0v) is 19.0. The van der Waals surface area contributed by atoms with Gasteiger partial charge < -0.3 is 25.4 Å². The van der Waals surface area contributed by atoms with Gasteiger partial charge in [0.2, 0.25) is 6.93 Å². The van der Waals surface area contributed by atoms with Crippen LogP contribution < -0.4 is 20.3 Å². The quantitative estimate of drug-likeness (QED) is 0.518. The number of halogens is 3. The Morgan fingerprint density at radius 2 is 1.97 bits per heavy atom. The van der Waals surface area contributed by atoms with Crippen LogP contribution in [-0.2, 0) is 13.0 Å². The van der Waals surface area contributed by atoms with E-state index in [2.05, 4.69) is 43.9 Å². The number of para-hydroxylation sites is 1. The number of phenols is 1. The van der Waals surface area contributed by atoms with Gasteiger partial charge in [0, 0.05) is 25.1 Å². The molecule has 184 valence electrons. The summed E-state index contributed by atoms with van der Waals surface area (Å²) >= 11 is 0. The molecule has 4 heterocycles. The third-order valence-electron chi connectivity index (χ3n) is 6.59. The Morgan fingerprint density at radius 3 is 2.83 bits per heavy atom. The molecule has 2 unspecified atom stereocenters. The maximum Gasteiger partial charge on any atom is 0.229 e. The summed E-state index contributed by atoms with van der Waals surface area (Å²) in [5, 5.41) is 25.4. The molecule has 3 aromatic rings. The maximum absolute atomic E-state index is 13.8. The highest BCUT2D eigenvalue weighted by Crippen LogP contribution is 2.39. The average Bonchev–Trinajstić information content (AvgIpc) is 3.29. The minimum Gasteiger partial charge on any atom is -0.504 e. The Labute approximate surface area is 200 Å². The second-order valence-electron chi connectivity index (χ2n) is 8.72. The number of nitrogens with zero attached hydrogens (tertiary/aromatic N) is 3. The molecule has 2 aromatic carbocycles. The SMILES string of the molecule is FCF.Oc1c(F)cccc1-c1cc2c(nn1)NCC1CC(Oc3ccc4c(c3)CCNC4)CN21. The van der Waals surface area contributed by atoms with Crippen LogP contribution in [0, 0.1) is 5.82 Å². The van der Waals surface area contributed by atoms with Crippen LogP contribution in [0.3, 0.4) is 0 Å². The second-order valence-corrected chi connectivity index (χ2v) is 8.72. The molecule has 7 nitrogen and oxygen atoms in total. The van der Waals surface area contributed by atoms with Gasteiger partial charge in [-0.15, -0.1) is 10.2 Å². The number of benzene rings is 2. The van der Waals surface area contributed by atoms with Crippen molar-refractivity contribution in [2.45, 2.75) is 31.5 Å². The number of anilines is 2. The number of nitrogens with one attached hydrogen (secondary N) is 2. The highest BCUT2D eigenvalue weighted by Gasteiger charge is 2.38. The number of fused-ring (bicyclic) bond motifs is 4. The van der Waals surface area contributed by atoms with Gasteiger partial charge >= 0.3 is 0 Å². The van der Waals surface area contributed by atoms with Crippen molar-refractivity contribution in [3.05, 3.63) is 59.4 Å². The van der Waals surface area contributed by atoms with Crippen LogP contribution in [0.25, 0.3) is 11.3 Å². The van der Waals surface area contributed by atoms with Crippen LogP contribution in [0.4, 0.5) is 24.7 Å². The topological polar surface area (TPSA) is 82.5 Å². The van der Waals surface area contributed by atoms with Crippen LogP contribution >= 0.6 is 0 Å². The van der Waals surface area contributed by atoms with Crippen molar-refractivity contribution in [1.29, 1.82) is 0 Å². The maximum atomic E-state index is 13.8. The van der Waals surface area contributed by atoms with Crippen molar-refractivity contribution in [2.75, 3.05) is 36.8 Å². The molecule has 0 aliphatic carbocycles. The minimum atomic E-state index is -1.75. The molecule has 0 radical (unpaired) electrons. The van der Waals surface area contributed by atoms with Crippen LogP contribution in [0.5, 0.6) is 11.5 Å². The van der Waals surface area contributed by atoms with E-state index in [0.29, 0.717) is 17.1 Å². The molecule has 1 fully saturated rings. The molecule has 35 heavy (non-hydrogen) atoms. The monoisotopic (exact) mass is 485 g/mol. The van der Waals surface area contributed by atoms with Gasteiger partial charge in [0.05, 0.1) is 24.0 Å². The first kappa shape index (κ1) is 23.2. The van der Waals surface area contributed by atoms with E-state index in [0.717, 1.165) is 50.5 Å². The van der Waals surface area contributed by atoms with E-state index < -0.39 is 18.5 Å². The average molecular weight is 486 g/mol. The number of hydrogen-bond acceptors (Lipinski definition) is 7. The first-order valence-electron chi connectivity index (χ1n) is 11.5. The Hall–Kier alpha value is -3.53. The summed E-state index contributed by atoms with van der Waals surface area (Å²) in [7, 11) is 0. The van der Waals surface area contributed by atoms with Crippen molar-refractivity contribution in [3.63, 3.8) is 0 Å². The molecule has 0 saturated carbocycles. The summed E-state index contributed by atoms with van der Waals surface area (Å²) in [5.41, 5.74) is 4.38. The predicted molar refractivity (Wildman–Crippen MR) is 127 cm³/mol. The lowest BCUT2D eigenvalue weighted by molar-refractivity contribution is 0.221. The molecular weight excluding hydrogens is 459 g/mol. The number of alkyl halides is 2. The smallest absolute Gasteiger partial charge is 0.229 e. The number of rotatable bonds is 3. The molecule has 1 aromatic heterocycles. The number of aromatic nitrogens is 2. The molecule has 6 rings (SSSR count). The zero-order chi connectivity index (χ0) is 24.4. The predicted octanol–water partition coefficient (Wildman–Crippen LogP) is 3.97. The fraction of sp³-hybridized carbons (Fsp3) is 0.360. The molecule has 10 heteroatoms. The van der Waals surface area contributed by atoms with Crippen molar-refractivity contribution < 1.29 is 23.0 Å². The highest BCUT2D eigenvalue weighted by atomic mass is 19.3. The molecule has 0 amide bonds. The summed E-state index contributed by atoms with van der Waals surface area (Å²) < 4.78 is 39.5. The Morgan fingerprint density at radius 1 is 1.11 bits per heavy atom. The van der Waals surface area contributed by atoms with Gasteiger partial charge in [-0.25, -0.2) is 13.2 Å². The number of phenolic OH excluding ortho intramolecular Hbond substituents is 1. The highest BCUT2D eigenvalue weighted by molar-refractivity contribution is 5.76. The lowest BCUT2D eigenvalue weighted by Crippen LogP contribution is -2.40. The second kappa shape index (κ2) is 9.99. The lowest BCUT2D eigenvalue weighted by Gasteiger charge is -2.33. The first-order chi connectivity index (χ1) is 17.1. The number of hydrogen-bond donors (Lipinski definition) is 3. The normalized spacial score (nSPS) is 20.0. The molecule has 0 bridgehead atoms. The fourth-order valence-electron chi connectivity index (χ4n) is 4.96. The van der Waals surface area contributed by atoms with Crippen LogP contribution in [0.2, 0.25) is 0 Å².